The van der Waals surface area contributed by atoms with Crippen LogP contribution in [0.3, 0.4) is 0 Å². The van der Waals surface area contributed by atoms with Crippen LogP contribution >= 0.6 is 0 Å². The molecule has 1 saturated carbocycles. The maximum absolute atomic E-state index is 12.6. The van der Waals surface area contributed by atoms with E-state index in [1.807, 2.05) is 4.90 Å². The molecule has 1 fully saturated rings. The average molecular weight is 274 g/mol. The van der Waals surface area contributed by atoms with Gasteiger partial charge in [-0.2, -0.15) is 0 Å². The minimum atomic E-state index is -0.370. The fourth-order valence-electron chi connectivity index (χ4n) is 2.47. The highest BCUT2D eigenvalue weighted by atomic mass is 16.2. The molecule has 2 N–H and O–H groups in total. The topological polar surface area (TPSA) is 46.3 Å². The Kier molecular flexibility index (Phi) is 4.81. The lowest BCUT2D eigenvalue weighted by Gasteiger charge is -2.28. The molecular weight excluding hydrogens is 248 g/mol. The molecule has 0 spiro atoms. The van der Waals surface area contributed by atoms with Crippen LogP contribution in [0.25, 0.3) is 0 Å². The average Bonchev–Trinajstić information content (AvgIpc) is 3.27. The number of carbonyl (C=O) groups is 1. The molecular formula is C17H26N2O. The maximum atomic E-state index is 12.6. The quantitative estimate of drug-likeness (QED) is 0.867. The standard InChI is InChI=1S/C17H26N2O/c1-4-13(3)16(18)17(20)19(15-8-9-15)11-14-7-5-6-12(2)10-14/h5-7,10,13,15-16H,4,8-9,11,18H2,1-3H3/t13-,16-/m0/s1. The van der Waals surface area contributed by atoms with E-state index >= 15 is 0 Å². The SMILES string of the molecule is CC[C@H](C)[C@H](N)C(=O)N(Cc1cccc(C)c1)C1CC1. The normalized spacial score (nSPS) is 17.6. The minimum absolute atomic E-state index is 0.114. The van der Waals surface area contributed by atoms with Crippen molar-refractivity contribution < 1.29 is 4.79 Å². The molecule has 1 aliphatic carbocycles. The summed E-state index contributed by atoms with van der Waals surface area (Å²) in [6.45, 7) is 6.91. The summed E-state index contributed by atoms with van der Waals surface area (Å²) in [5, 5.41) is 0. The molecule has 20 heavy (non-hydrogen) atoms. The van der Waals surface area contributed by atoms with Crippen molar-refractivity contribution in [2.24, 2.45) is 11.7 Å². The Balaban J connectivity index is 2.09. The van der Waals surface area contributed by atoms with Crippen molar-refractivity contribution in [2.45, 2.75) is 58.7 Å². The van der Waals surface area contributed by atoms with E-state index in [1.165, 1.54) is 11.1 Å². The van der Waals surface area contributed by atoms with Gasteiger partial charge in [-0.05, 0) is 31.2 Å². The fourth-order valence-corrected chi connectivity index (χ4v) is 2.47. The highest BCUT2D eigenvalue weighted by Crippen LogP contribution is 2.29. The van der Waals surface area contributed by atoms with Gasteiger partial charge in [0, 0.05) is 12.6 Å². The van der Waals surface area contributed by atoms with Crippen LogP contribution in [0.5, 0.6) is 0 Å². The zero-order valence-corrected chi connectivity index (χ0v) is 12.8. The molecule has 3 heteroatoms. The Morgan fingerprint density at radius 3 is 2.70 bits per heavy atom. The Morgan fingerprint density at radius 2 is 2.15 bits per heavy atom. The summed E-state index contributed by atoms with van der Waals surface area (Å²) < 4.78 is 0. The first kappa shape index (κ1) is 15.0. The van der Waals surface area contributed by atoms with Gasteiger partial charge in [-0.25, -0.2) is 0 Å². The van der Waals surface area contributed by atoms with Crippen LogP contribution in [-0.4, -0.2) is 22.9 Å². The molecule has 0 heterocycles. The van der Waals surface area contributed by atoms with Gasteiger partial charge in [0.15, 0.2) is 0 Å². The van der Waals surface area contributed by atoms with Gasteiger partial charge in [0.1, 0.15) is 0 Å². The second-order valence-electron chi connectivity index (χ2n) is 6.10. The Labute approximate surface area is 122 Å². The molecule has 3 nitrogen and oxygen atoms in total. The molecule has 0 radical (unpaired) electrons. The third-order valence-electron chi connectivity index (χ3n) is 4.25. The van der Waals surface area contributed by atoms with E-state index in [0.29, 0.717) is 12.6 Å². The highest BCUT2D eigenvalue weighted by molar-refractivity contribution is 5.82. The predicted molar refractivity (Wildman–Crippen MR) is 82.2 cm³/mol. The van der Waals surface area contributed by atoms with Gasteiger partial charge >= 0.3 is 0 Å². The van der Waals surface area contributed by atoms with Gasteiger partial charge < -0.3 is 10.6 Å². The van der Waals surface area contributed by atoms with Crippen LogP contribution in [-0.2, 0) is 11.3 Å². The van der Waals surface area contributed by atoms with E-state index in [9.17, 15) is 4.79 Å². The van der Waals surface area contributed by atoms with Crippen LogP contribution < -0.4 is 5.73 Å². The molecule has 2 atom stereocenters. The van der Waals surface area contributed by atoms with Crippen LogP contribution in [0.2, 0.25) is 0 Å². The van der Waals surface area contributed by atoms with Gasteiger partial charge in [-0.3, -0.25) is 4.79 Å². The molecule has 110 valence electrons. The van der Waals surface area contributed by atoms with E-state index in [-0.39, 0.29) is 17.9 Å². The lowest BCUT2D eigenvalue weighted by atomic mass is 9.98. The summed E-state index contributed by atoms with van der Waals surface area (Å²) in [6.07, 6.45) is 3.17. The number of rotatable bonds is 6. The fraction of sp³-hybridized carbons (Fsp3) is 0.588. The summed E-state index contributed by atoms with van der Waals surface area (Å²) in [6, 6.07) is 8.40. The second-order valence-corrected chi connectivity index (χ2v) is 6.10. The van der Waals surface area contributed by atoms with Crippen molar-refractivity contribution in [2.75, 3.05) is 0 Å². The number of amides is 1. The predicted octanol–water partition coefficient (Wildman–Crippen LogP) is 2.86. The van der Waals surface area contributed by atoms with Crippen LogP contribution in [0.1, 0.15) is 44.2 Å². The number of nitrogens with two attached hydrogens (primary N) is 1. The van der Waals surface area contributed by atoms with Crippen molar-refractivity contribution in [3.8, 4) is 0 Å². The zero-order chi connectivity index (χ0) is 14.7. The number of hydrogen-bond donors (Lipinski definition) is 1. The summed E-state index contributed by atoms with van der Waals surface area (Å²) in [4.78, 5) is 14.6. The highest BCUT2D eigenvalue weighted by Gasteiger charge is 2.35. The summed E-state index contributed by atoms with van der Waals surface area (Å²) in [5.41, 5.74) is 8.56. The minimum Gasteiger partial charge on any atom is -0.334 e. The Morgan fingerprint density at radius 1 is 1.45 bits per heavy atom. The molecule has 1 aromatic rings. The second kappa shape index (κ2) is 6.40. The van der Waals surface area contributed by atoms with E-state index in [2.05, 4.69) is 45.0 Å². The molecule has 1 amide bonds. The largest absolute Gasteiger partial charge is 0.334 e. The Bertz CT molecular complexity index is 468. The van der Waals surface area contributed by atoms with E-state index in [0.717, 1.165) is 19.3 Å². The zero-order valence-electron chi connectivity index (χ0n) is 12.8. The van der Waals surface area contributed by atoms with Gasteiger partial charge in [0.05, 0.1) is 6.04 Å². The Hall–Kier alpha value is -1.35. The number of benzene rings is 1. The molecule has 1 aromatic carbocycles. The first-order valence-electron chi connectivity index (χ1n) is 7.64. The molecule has 0 aromatic heterocycles. The van der Waals surface area contributed by atoms with Crippen molar-refractivity contribution in [3.63, 3.8) is 0 Å². The summed E-state index contributed by atoms with van der Waals surface area (Å²) >= 11 is 0. The van der Waals surface area contributed by atoms with E-state index in [4.69, 9.17) is 5.73 Å². The van der Waals surface area contributed by atoms with Gasteiger partial charge in [0.25, 0.3) is 0 Å². The van der Waals surface area contributed by atoms with Gasteiger partial charge in [-0.15, -0.1) is 0 Å². The summed E-state index contributed by atoms with van der Waals surface area (Å²) in [7, 11) is 0. The van der Waals surface area contributed by atoms with Gasteiger partial charge in [-0.1, -0.05) is 50.1 Å². The lowest BCUT2D eigenvalue weighted by molar-refractivity contribution is -0.135. The van der Waals surface area contributed by atoms with Crippen molar-refractivity contribution in [1.29, 1.82) is 0 Å². The number of carbonyl (C=O) groups excluding carboxylic acids is 1. The summed E-state index contributed by atoms with van der Waals surface area (Å²) in [5.74, 6) is 0.351. The van der Waals surface area contributed by atoms with E-state index < -0.39 is 0 Å². The number of nitrogens with zero attached hydrogens (tertiary/aromatic N) is 1. The van der Waals surface area contributed by atoms with Crippen LogP contribution in [0.4, 0.5) is 0 Å². The van der Waals surface area contributed by atoms with E-state index in [1.54, 1.807) is 0 Å². The van der Waals surface area contributed by atoms with Crippen LogP contribution in [0, 0.1) is 12.8 Å². The molecule has 0 bridgehead atoms. The maximum Gasteiger partial charge on any atom is 0.240 e. The molecule has 0 unspecified atom stereocenters. The number of aryl methyl sites for hydroxylation is 1. The molecule has 1 aliphatic rings. The smallest absolute Gasteiger partial charge is 0.240 e. The molecule has 0 saturated heterocycles. The first-order valence-corrected chi connectivity index (χ1v) is 7.64. The van der Waals surface area contributed by atoms with Gasteiger partial charge in [0.2, 0.25) is 5.91 Å². The third-order valence-corrected chi connectivity index (χ3v) is 4.25. The van der Waals surface area contributed by atoms with Crippen molar-refractivity contribution in [3.05, 3.63) is 35.4 Å². The molecule has 2 rings (SSSR count). The molecule has 0 aliphatic heterocycles. The van der Waals surface area contributed by atoms with Crippen LogP contribution in [0.15, 0.2) is 24.3 Å². The third kappa shape index (κ3) is 3.60. The monoisotopic (exact) mass is 274 g/mol. The van der Waals surface area contributed by atoms with Crippen molar-refractivity contribution in [1.82, 2.24) is 4.90 Å². The van der Waals surface area contributed by atoms with Crippen molar-refractivity contribution >= 4 is 5.91 Å². The number of hydrogen-bond acceptors (Lipinski definition) is 2. The lowest BCUT2D eigenvalue weighted by Crippen LogP contribution is -2.47. The first-order chi connectivity index (χ1) is 9.52.